The zero-order chi connectivity index (χ0) is 38.9. The fourth-order valence-corrected chi connectivity index (χ4v) is 7.26. The molecule has 0 saturated heterocycles. The fraction of sp³-hybridized carbons (Fsp3) is 0.909. The normalized spacial score (nSPS) is 13.4. The minimum absolute atomic E-state index is 0.00208. The van der Waals surface area contributed by atoms with Crippen LogP contribution in [0.3, 0.4) is 0 Å². The molecular weight excluding hydrogens is 687 g/mol. The molecule has 1 N–H and O–H groups in total. The van der Waals surface area contributed by atoms with E-state index in [1.165, 1.54) is 141 Å². The van der Waals surface area contributed by atoms with Crippen molar-refractivity contribution in [1.29, 1.82) is 0 Å². The van der Waals surface area contributed by atoms with Crippen molar-refractivity contribution in [2.24, 2.45) is 0 Å². The number of allylic oxidation sites excluding steroid dienone is 2. The Balaban J connectivity index is 4.02. The van der Waals surface area contributed by atoms with Crippen molar-refractivity contribution in [3.8, 4) is 0 Å². The lowest BCUT2D eigenvalue weighted by Crippen LogP contribution is -2.29. The van der Waals surface area contributed by atoms with Crippen LogP contribution in [0.2, 0.25) is 0 Å². The molecule has 0 aromatic heterocycles. The van der Waals surface area contributed by atoms with Gasteiger partial charge in [-0.25, -0.2) is 4.57 Å². The van der Waals surface area contributed by atoms with Gasteiger partial charge in [0.25, 0.3) is 0 Å². The molecule has 0 bridgehead atoms. The Bertz CT molecular complexity index is 879. The summed E-state index contributed by atoms with van der Waals surface area (Å²) >= 11 is 0. The minimum atomic E-state index is -4.28. The van der Waals surface area contributed by atoms with Gasteiger partial charge in [0.2, 0.25) is 0 Å². The van der Waals surface area contributed by atoms with Crippen LogP contribution in [0.1, 0.15) is 233 Å². The van der Waals surface area contributed by atoms with Gasteiger partial charge in [-0.15, -0.1) is 0 Å². The highest BCUT2D eigenvalue weighted by atomic mass is 31.2. The molecule has 9 heteroatoms. The van der Waals surface area contributed by atoms with E-state index in [0.717, 1.165) is 51.4 Å². The molecule has 0 aliphatic carbocycles. The third-order valence-corrected chi connectivity index (χ3v) is 10.9. The molecule has 0 aromatic carbocycles. The van der Waals surface area contributed by atoms with Crippen LogP contribution in [0, 0.1) is 0 Å². The molecule has 2 atom stereocenters. The van der Waals surface area contributed by atoms with Crippen molar-refractivity contribution >= 4 is 19.8 Å². The maximum atomic E-state index is 12.5. The Morgan fingerprint density at radius 1 is 0.491 bits per heavy atom. The highest BCUT2D eigenvalue weighted by molar-refractivity contribution is 7.47. The summed E-state index contributed by atoms with van der Waals surface area (Å²) in [7, 11) is -4.28. The number of unbranched alkanes of at least 4 members (excludes halogenated alkanes) is 28. The van der Waals surface area contributed by atoms with Crippen molar-refractivity contribution in [2.45, 2.75) is 239 Å². The van der Waals surface area contributed by atoms with Crippen molar-refractivity contribution in [3.63, 3.8) is 0 Å². The summed E-state index contributed by atoms with van der Waals surface area (Å²) in [4.78, 5) is 34.8. The topological polar surface area (TPSA) is 108 Å². The Morgan fingerprint density at radius 2 is 0.849 bits per heavy atom. The molecule has 0 aromatic rings. The van der Waals surface area contributed by atoms with E-state index >= 15 is 0 Å². The third-order valence-electron chi connectivity index (χ3n) is 9.82. The van der Waals surface area contributed by atoms with E-state index in [-0.39, 0.29) is 25.6 Å². The first-order valence-corrected chi connectivity index (χ1v) is 24.0. The largest absolute Gasteiger partial charge is 0.472 e. The van der Waals surface area contributed by atoms with Crippen LogP contribution in [0.25, 0.3) is 0 Å². The summed E-state index contributed by atoms with van der Waals surface area (Å²) in [5.74, 6) is -0.795. The number of carbonyl (C=O) groups is 2. The second kappa shape index (κ2) is 40.5. The Hall–Kier alpha value is -1.21. The van der Waals surface area contributed by atoms with Gasteiger partial charge < -0.3 is 14.4 Å². The average Bonchev–Trinajstić information content (AvgIpc) is 3.13. The van der Waals surface area contributed by atoms with Crippen molar-refractivity contribution in [2.75, 3.05) is 19.8 Å². The van der Waals surface area contributed by atoms with E-state index in [0.29, 0.717) is 12.8 Å². The lowest BCUT2D eigenvalue weighted by Gasteiger charge is -2.19. The van der Waals surface area contributed by atoms with Crippen LogP contribution in [0.15, 0.2) is 12.2 Å². The number of esters is 2. The molecule has 0 radical (unpaired) electrons. The molecule has 0 rings (SSSR count). The molecule has 53 heavy (non-hydrogen) atoms. The number of phosphoric ester groups is 1. The second-order valence-electron chi connectivity index (χ2n) is 15.1. The average molecular weight is 773 g/mol. The van der Waals surface area contributed by atoms with Crippen molar-refractivity contribution < 1.29 is 37.6 Å². The van der Waals surface area contributed by atoms with Gasteiger partial charge in [-0.2, -0.15) is 0 Å². The van der Waals surface area contributed by atoms with Gasteiger partial charge in [-0.05, 0) is 45.4 Å². The lowest BCUT2D eigenvalue weighted by molar-refractivity contribution is -0.161. The molecule has 0 amide bonds. The SMILES string of the molecule is CCCCCCCC/C=C\CCCCCCCC(=O)OC(COC(=O)CCCCCCCCCCCCCCCCCCCC)COP(=O)(O)OCC. The Morgan fingerprint density at radius 3 is 1.25 bits per heavy atom. The molecule has 0 saturated carbocycles. The lowest BCUT2D eigenvalue weighted by atomic mass is 10.0. The van der Waals surface area contributed by atoms with Gasteiger partial charge in [0.15, 0.2) is 6.10 Å². The highest BCUT2D eigenvalue weighted by Crippen LogP contribution is 2.43. The number of rotatable bonds is 42. The maximum absolute atomic E-state index is 12.5. The van der Waals surface area contributed by atoms with E-state index in [4.69, 9.17) is 18.5 Å². The number of phosphoric acid groups is 1. The zero-order valence-electron chi connectivity index (χ0n) is 34.9. The Labute approximate surface area is 327 Å². The third kappa shape index (κ3) is 40.3. The molecule has 0 aliphatic heterocycles. The first-order chi connectivity index (χ1) is 25.8. The highest BCUT2D eigenvalue weighted by Gasteiger charge is 2.25. The van der Waals surface area contributed by atoms with Crippen LogP contribution in [-0.4, -0.2) is 42.8 Å². The van der Waals surface area contributed by atoms with Crippen molar-refractivity contribution in [3.05, 3.63) is 12.2 Å². The molecular formula is C44H85O8P. The number of hydrogen-bond acceptors (Lipinski definition) is 7. The monoisotopic (exact) mass is 773 g/mol. The first kappa shape index (κ1) is 51.8. The molecule has 2 unspecified atom stereocenters. The van der Waals surface area contributed by atoms with E-state index in [1.807, 2.05) is 0 Å². The van der Waals surface area contributed by atoms with Gasteiger partial charge in [-0.1, -0.05) is 187 Å². The van der Waals surface area contributed by atoms with Crippen LogP contribution in [0.4, 0.5) is 0 Å². The predicted molar refractivity (Wildman–Crippen MR) is 221 cm³/mol. The van der Waals surface area contributed by atoms with Gasteiger partial charge in [0, 0.05) is 12.8 Å². The molecule has 0 fully saturated rings. The number of carbonyl (C=O) groups excluding carboxylic acids is 2. The molecule has 0 spiro atoms. The summed E-state index contributed by atoms with van der Waals surface area (Å²) in [6, 6.07) is 0. The number of hydrogen-bond donors (Lipinski definition) is 1. The first-order valence-electron chi connectivity index (χ1n) is 22.5. The van der Waals surface area contributed by atoms with Gasteiger partial charge in [0.1, 0.15) is 6.61 Å². The van der Waals surface area contributed by atoms with Crippen LogP contribution < -0.4 is 0 Å². The maximum Gasteiger partial charge on any atom is 0.472 e. The molecule has 0 heterocycles. The van der Waals surface area contributed by atoms with Crippen LogP contribution >= 0.6 is 7.82 Å². The van der Waals surface area contributed by atoms with Crippen molar-refractivity contribution in [1.82, 2.24) is 0 Å². The summed E-state index contributed by atoms with van der Waals surface area (Å²) in [5.41, 5.74) is 0. The van der Waals surface area contributed by atoms with E-state index < -0.39 is 26.5 Å². The Kier molecular flexibility index (Phi) is 39.5. The van der Waals surface area contributed by atoms with E-state index in [1.54, 1.807) is 6.92 Å². The van der Waals surface area contributed by atoms with E-state index in [2.05, 4.69) is 26.0 Å². The second-order valence-corrected chi connectivity index (χ2v) is 16.5. The van der Waals surface area contributed by atoms with Gasteiger partial charge in [-0.3, -0.25) is 18.6 Å². The summed E-state index contributed by atoms with van der Waals surface area (Å²) in [6.45, 7) is 5.50. The minimum Gasteiger partial charge on any atom is -0.462 e. The smallest absolute Gasteiger partial charge is 0.462 e. The summed E-state index contributed by atoms with van der Waals surface area (Å²) in [6.07, 6.45) is 42.6. The molecule has 0 aliphatic rings. The summed E-state index contributed by atoms with van der Waals surface area (Å²) < 4.78 is 32.7. The fourth-order valence-electron chi connectivity index (χ4n) is 6.51. The number of ether oxygens (including phenoxy) is 2. The molecule has 314 valence electrons. The van der Waals surface area contributed by atoms with Crippen LogP contribution in [-0.2, 0) is 32.7 Å². The van der Waals surface area contributed by atoms with Gasteiger partial charge >= 0.3 is 19.8 Å². The van der Waals surface area contributed by atoms with E-state index in [9.17, 15) is 19.0 Å². The van der Waals surface area contributed by atoms with Gasteiger partial charge in [0.05, 0.1) is 13.2 Å². The summed E-state index contributed by atoms with van der Waals surface area (Å²) in [5, 5.41) is 0. The van der Waals surface area contributed by atoms with Crippen LogP contribution in [0.5, 0.6) is 0 Å². The quantitative estimate of drug-likeness (QED) is 0.0283. The predicted octanol–water partition coefficient (Wildman–Crippen LogP) is 14.1. The standard InChI is InChI=1S/C44H85O8P/c1-4-7-9-11-13-15-17-19-21-22-23-25-26-28-30-32-34-36-38-43(45)49-40-42(41-51-53(47,48)50-6-3)52-44(46)39-37-35-33-31-29-27-24-20-18-16-14-12-10-8-5-2/h20,24,42H,4-19,21-23,25-41H2,1-3H3,(H,47,48)/b24-20-. The molecule has 8 nitrogen and oxygen atoms in total. The zero-order valence-corrected chi connectivity index (χ0v) is 35.8.